The van der Waals surface area contributed by atoms with Crippen molar-refractivity contribution in [2.75, 3.05) is 20.2 Å². The second-order valence-corrected chi connectivity index (χ2v) is 6.53. The van der Waals surface area contributed by atoms with Gasteiger partial charge in [0.15, 0.2) is 11.5 Å². The predicted octanol–water partition coefficient (Wildman–Crippen LogP) is 2.90. The van der Waals surface area contributed by atoms with Crippen LogP contribution in [0.1, 0.15) is 35.1 Å². The lowest BCUT2D eigenvalue weighted by Crippen LogP contribution is -2.38. The van der Waals surface area contributed by atoms with Crippen LogP contribution in [-0.4, -0.2) is 51.2 Å². The molecular formula is C20H21N5O2. The van der Waals surface area contributed by atoms with Crippen molar-refractivity contribution >= 4 is 5.91 Å². The molecule has 0 spiro atoms. The minimum atomic E-state index is -0.0894. The molecule has 3 aromatic rings. The number of carbonyl (C=O) groups excluding carboxylic acids is 1. The number of hydrogen-bond acceptors (Lipinski definition) is 5. The fourth-order valence-corrected chi connectivity index (χ4v) is 3.39. The van der Waals surface area contributed by atoms with Gasteiger partial charge in [-0.2, -0.15) is 5.10 Å². The summed E-state index contributed by atoms with van der Waals surface area (Å²) in [5.74, 6) is 2.28. The van der Waals surface area contributed by atoms with E-state index in [9.17, 15) is 4.79 Å². The number of rotatable bonds is 4. The SMILES string of the molecule is COc1cccnc1C(=O)N1CCC(c2nc(-c3ccccc3)n[nH]2)CC1. The summed E-state index contributed by atoms with van der Waals surface area (Å²) < 4.78 is 5.26. The maximum Gasteiger partial charge on any atom is 0.276 e. The van der Waals surface area contributed by atoms with Gasteiger partial charge in [-0.25, -0.2) is 9.97 Å². The van der Waals surface area contributed by atoms with Gasteiger partial charge in [-0.05, 0) is 25.0 Å². The van der Waals surface area contributed by atoms with Crippen molar-refractivity contribution in [1.82, 2.24) is 25.1 Å². The summed E-state index contributed by atoms with van der Waals surface area (Å²) in [5, 5.41) is 7.41. The highest BCUT2D eigenvalue weighted by atomic mass is 16.5. The molecule has 27 heavy (non-hydrogen) atoms. The van der Waals surface area contributed by atoms with Gasteiger partial charge >= 0.3 is 0 Å². The first-order valence-corrected chi connectivity index (χ1v) is 9.02. The van der Waals surface area contributed by atoms with Crippen LogP contribution in [0.25, 0.3) is 11.4 Å². The first kappa shape index (κ1) is 17.2. The summed E-state index contributed by atoms with van der Waals surface area (Å²) in [6.45, 7) is 1.31. The second kappa shape index (κ2) is 7.57. The molecule has 7 nitrogen and oxygen atoms in total. The van der Waals surface area contributed by atoms with E-state index in [-0.39, 0.29) is 11.8 Å². The molecule has 0 bridgehead atoms. The van der Waals surface area contributed by atoms with Crippen LogP contribution in [0, 0.1) is 0 Å². The molecule has 0 atom stereocenters. The number of nitrogens with zero attached hydrogens (tertiary/aromatic N) is 4. The van der Waals surface area contributed by atoms with Crippen molar-refractivity contribution in [3.05, 3.63) is 60.2 Å². The van der Waals surface area contributed by atoms with Crippen molar-refractivity contribution in [2.45, 2.75) is 18.8 Å². The summed E-state index contributed by atoms with van der Waals surface area (Å²) in [6.07, 6.45) is 3.29. The summed E-state index contributed by atoms with van der Waals surface area (Å²) in [7, 11) is 1.55. The summed E-state index contributed by atoms with van der Waals surface area (Å²) in [4.78, 5) is 23.4. The molecule has 4 rings (SSSR count). The van der Waals surface area contributed by atoms with Crippen LogP contribution >= 0.6 is 0 Å². The van der Waals surface area contributed by atoms with Gasteiger partial charge in [0.2, 0.25) is 0 Å². The lowest BCUT2D eigenvalue weighted by Gasteiger charge is -2.31. The minimum absolute atomic E-state index is 0.0894. The van der Waals surface area contributed by atoms with Crippen LogP contribution in [0.4, 0.5) is 0 Å². The van der Waals surface area contributed by atoms with E-state index in [1.165, 1.54) is 0 Å². The first-order valence-electron chi connectivity index (χ1n) is 9.02. The first-order chi connectivity index (χ1) is 13.3. The number of likely N-dealkylation sites (tertiary alicyclic amines) is 1. The highest BCUT2D eigenvalue weighted by Gasteiger charge is 2.28. The van der Waals surface area contributed by atoms with Crippen molar-refractivity contribution in [3.8, 4) is 17.1 Å². The summed E-state index contributed by atoms with van der Waals surface area (Å²) in [6, 6.07) is 13.4. The molecule has 1 aliphatic rings. The molecule has 0 aliphatic carbocycles. The third-order valence-corrected chi connectivity index (χ3v) is 4.90. The monoisotopic (exact) mass is 363 g/mol. The van der Waals surface area contributed by atoms with E-state index in [0.717, 1.165) is 24.2 Å². The van der Waals surface area contributed by atoms with Crippen molar-refractivity contribution in [1.29, 1.82) is 0 Å². The van der Waals surface area contributed by atoms with E-state index < -0.39 is 0 Å². The Morgan fingerprint density at radius 3 is 2.67 bits per heavy atom. The van der Waals surface area contributed by atoms with E-state index in [4.69, 9.17) is 4.74 Å². The summed E-state index contributed by atoms with van der Waals surface area (Å²) >= 11 is 0. The zero-order valence-electron chi connectivity index (χ0n) is 15.1. The number of piperidine rings is 1. The molecule has 1 aromatic carbocycles. The van der Waals surface area contributed by atoms with Crippen LogP contribution in [0.5, 0.6) is 5.75 Å². The molecule has 0 unspecified atom stereocenters. The van der Waals surface area contributed by atoms with Crippen molar-refractivity contribution in [2.24, 2.45) is 0 Å². The van der Waals surface area contributed by atoms with Crippen LogP contribution < -0.4 is 4.74 Å². The highest BCUT2D eigenvalue weighted by Crippen LogP contribution is 2.28. The third kappa shape index (κ3) is 3.53. The number of H-pyrrole nitrogens is 1. The highest BCUT2D eigenvalue weighted by molar-refractivity contribution is 5.95. The maximum atomic E-state index is 12.8. The standard InChI is InChI=1S/C20H21N5O2/c1-27-16-8-5-11-21-17(16)20(26)25-12-9-15(10-13-25)19-22-18(23-24-19)14-6-3-2-4-7-14/h2-8,11,15H,9-10,12-13H2,1H3,(H,22,23,24). The summed E-state index contributed by atoms with van der Waals surface area (Å²) in [5.41, 5.74) is 1.36. The predicted molar refractivity (Wildman–Crippen MR) is 100 cm³/mol. The zero-order valence-corrected chi connectivity index (χ0v) is 15.1. The number of hydrogen-bond donors (Lipinski definition) is 1. The van der Waals surface area contributed by atoms with E-state index in [1.807, 2.05) is 35.2 Å². The van der Waals surface area contributed by atoms with Crippen LogP contribution in [-0.2, 0) is 0 Å². The average molecular weight is 363 g/mol. The molecule has 1 aliphatic heterocycles. The van der Waals surface area contributed by atoms with Gasteiger partial charge in [-0.3, -0.25) is 9.89 Å². The Morgan fingerprint density at radius 1 is 1.15 bits per heavy atom. The van der Waals surface area contributed by atoms with E-state index in [1.54, 1.807) is 25.4 Å². The largest absolute Gasteiger partial charge is 0.494 e. The number of benzene rings is 1. The Bertz CT molecular complexity index is 917. The maximum absolute atomic E-state index is 12.8. The quantitative estimate of drug-likeness (QED) is 0.770. The van der Waals surface area contributed by atoms with Crippen molar-refractivity contribution in [3.63, 3.8) is 0 Å². The number of aromatic nitrogens is 4. The Morgan fingerprint density at radius 2 is 1.93 bits per heavy atom. The number of nitrogens with one attached hydrogen (secondary N) is 1. The van der Waals surface area contributed by atoms with Gasteiger partial charge < -0.3 is 9.64 Å². The van der Waals surface area contributed by atoms with E-state index in [2.05, 4.69) is 20.2 Å². The Kier molecular flexibility index (Phi) is 4.82. The lowest BCUT2D eigenvalue weighted by atomic mass is 9.96. The van der Waals surface area contributed by atoms with Gasteiger partial charge in [0.1, 0.15) is 11.6 Å². The molecule has 7 heteroatoms. The molecule has 1 N–H and O–H groups in total. The number of carbonyl (C=O) groups is 1. The average Bonchev–Trinajstić information content (AvgIpc) is 3.24. The smallest absolute Gasteiger partial charge is 0.276 e. The van der Waals surface area contributed by atoms with Crippen LogP contribution in [0.15, 0.2) is 48.7 Å². The number of methoxy groups -OCH3 is 1. The van der Waals surface area contributed by atoms with E-state index in [0.29, 0.717) is 30.4 Å². The Balaban J connectivity index is 1.42. The topological polar surface area (TPSA) is 84.0 Å². The molecular weight excluding hydrogens is 342 g/mol. The second-order valence-electron chi connectivity index (χ2n) is 6.53. The lowest BCUT2D eigenvalue weighted by molar-refractivity contribution is 0.0701. The number of pyridine rings is 1. The fourth-order valence-electron chi connectivity index (χ4n) is 3.39. The van der Waals surface area contributed by atoms with Gasteiger partial charge in [-0.15, -0.1) is 0 Å². The number of aromatic amines is 1. The molecule has 2 aromatic heterocycles. The normalized spacial score (nSPS) is 14.9. The Labute approximate surface area is 157 Å². The van der Waals surface area contributed by atoms with Gasteiger partial charge in [0, 0.05) is 30.8 Å². The van der Waals surface area contributed by atoms with Crippen molar-refractivity contribution < 1.29 is 9.53 Å². The molecule has 1 fully saturated rings. The third-order valence-electron chi connectivity index (χ3n) is 4.90. The Hall–Kier alpha value is -3.22. The minimum Gasteiger partial charge on any atom is -0.494 e. The van der Waals surface area contributed by atoms with Crippen LogP contribution in [0.3, 0.4) is 0 Å². The van der Waals surface area contributed by atoms with E-state index >= 15 is 0 Å². The number of ether oxygens (including phenoxy) is 1. The molecule has 0 radical (unpaired) electrons. The van der Waals surface area contributed by atoms with Gasteiger partial charge in [0.05, 0.1) is 7.11 Å². The molecule has 3 heterocycles. The number of amides is 1. The molecule has 138 valence electrons. The van der Waals surface area contributed by atoms with Crippen LogP contribution in [0.2, 0.25) is 0 Å². The van der Waals surface area contributed by atoms with Gasteiger partial charge in [0.25, 0.3) is 5.91 Å². The molecule has 0 saturated carbocycles. The molecule has 1 saturated heterocycles. The van der Waals surface area contributed by atoms with Gasteiger partial charge in [-0.1, -0.05) is 30.3 Å². The zero-order chi connectivity index (χ0) is 18.6. The fraction of sp³-hybridized carbons (Fsp3) is 0.300. The molecule has 1 amide bonds.